The summed E-state index contributed by atoms with van der Waals surface area (Å²) in [7, 11) is 0. The number of aryl methyl sites for hydroxylation is 2. The van der Waals surface area contributed by atoms with Crippen molar-refractivity contribution in [3.8, 4) is 5.75 Å². The van der Waals surface area contributed by atoms with Crippen molar-refractivity contribution in [2.45, 2.75) is 71.4 Å². The van der Waals surface area contributed by atoms with Crippen molar-refractivity contribution in [2.24, 2.45) is 0 Å². The first-order valence-electron chi connectivity index (χ1n) is 13.2. The number of carbonyl (C=O) groups excluding carboxylic acids is 1. The molecule has 3 aromatic rings. The van der Waals surface area contributed by atoms with E-state index in [0.29, 0.717) is 36.3 Å². The SMILES string of the molecule is CCCCCCOc1ccc(C2c3c(oc4cc(C)cc(C)c4c3=O)C(=O)N2CC2CCCO2)cc1. The predicted molar refractivity (Wildman–Crippen MR) is 140 cm³/mol. The summed E-state index contributed by atoms with van der Waals surface area (Å²) in [6.07, 6.45) is 6.45. The molecule has 2 aliphatic rings. The van der Waals surface area contributed by atoms with Gasteiger partial charge in [0.25, 0.3) is 5.91 Å². The molecule has 1 fully saturated rings. The van der Waals surface area contributed by atoms with Gasteiger partial charge in [-0.3, -0.25) is 9.59 Å². The zero-order valence-electron chi connectivity index (χ0n) is 21.5. The van der Waals surface area contributed by atoms with Crippen molar-refractivity contribution < 1.29 is 18.7 Å². The van der Waals surface area contributed by atoms with Gasteiger partial charge >= 0.3 is 0 Å². The molecule has 0 bridgehead atoms. The number of fused-ring (bicyclic) bond motifs is 2. The van der Waals surface area contributed by atoms with Gasteiger partial charge in [0.05, 0.1) is 29.7 Å². The van der Waals surface area contributed by atoms with Crippen LogP contribution in [0, 0.1) is 13.8 Å². The average molecular weight is 490 g/mol. The van der Waals surface area contributed by atoms with E-state index < -0.39 is 6.04 Å². The van der Waals surface area contributed by atoms with Gasteiger partial charge in [-0.1, -0.05) is 44.4 Å². The standard InChI is InChI=1S/C30H35NO5/c1-4-5-6-7-14-34-22-12-10-21(11-13-22)27-26-28(32)25-20(3)16-19(2)17-24(25)36-29(26)30(33)31(27)18-23-9-8-15-35-23/h10-13,16-17,23,27H,4-9,14-15,18H2,1-3H3. The van der Waals surface area contributed by atoms with Crippen LogP contribution in [0.2, 0.25) is 0 Å². The number of ether oxygens (including phenoxy) is 2. The van der Waals surface area contributed by atoms with Crippen LogP contribution in [0.4, 0.5) is 0 Å². The summed E-state index contributed by atoms with van der Waals surface area (Å²) >= 11 is 0. The largest absolute Gasteiger partial charge is 0.494 e. The maximum atomic E-state index is 13.9. The number of unbranched alkanes of at least 4 members (excludes halogenated alkanes) is 3. The van der Waals surface area contributed by atoms with Crippen molar-refractivity contribution in [1.29, 1.82) is 0 Å². The number of hydrogen-bond acceptors (Lipinski definition) is 5. The van der Waals surface area contributed by atoms with Crippen molar-refractivity contribution in [1.82, 2.24) is 4.90 Å². The van der Waals surface area contributed by atoms with Crippen molar-refractivity contribution in [3.05, 3.63) is 74.6 Å². The van der Waals surface area contributed by atoms with E-state index in [2.05, 4.69) is 6.92 Å². The summed E-state index contributed by atoms with van der Waals surface area (Å²) in [5.74, 6) is 0.694. The fraction of sp³-hybridized carbons (Fsp3) is 0.467. The minimum Gasteiger partial charge on any atom is -0.494 e. The normalized spacial score (nSPS) is 19.3. The molecule has 0 saturated carbocycles. The van der Waals surface area contributed by atoms with E-state index in [0.717, 1.165) is 48.1 Å². The molecule has 1 saturated heterocycles. The van der Waals surface area contributed by atoms with Gasteiger partial charge in [0.1, 0.15) is 11.3 Å². The summed E-state index contributed by atoms with van der Waals surface area (Å²) in [6.45, 7) is 7.89. The summed E-state index contributed by atoms with van der Waals surface area (Å²) in [4.78, 5) is 29.3. The van der Waals surface area contributed by atoms with Gasteiger partial charge in [-0.15, -0.1) is 0 Å². The highest BCUT2D eigenvalue weighted by Crippen LogP contribution is 2.39. The third kappa shape index (κ3) is 4.66. The molecule has 2 atom stereocenters. The first-order chi connectivity index (χ1) is 17.5. The molecular formula is C30H35NO5. The quantitative estimate of drug-likeness (QED) is 0.340. The van der Waals surface area contributed by atoms with E-state index >= 15 is 0 Å². The maximum Gasteiger partial charge on any atom is 0.291 e. The zero-order chi connectivity index (χ0) is 25.2. The lowest BCUT2D eigenvalue weighted by Gasteiger charge is -2.27. The molecule has 3 heterocycles. The van der Waals surface area contributed by atoms with Crippen LogP contribution in [-0.4, -0.2) is 36.7 Å². The van der Waals surface area contributed by atoms with E-state index in [4.69, 9.17) is 13.9 Å². The monoisotopic (exact) mass is 489 g/mol. The molecule has 190 valence electrons. The van der Waals surface area contributed by atoms with Crippen LogP contribution in [0.1, 0.15) is 84.3 Å². The first-order valence-corrected chi connectivity index (χ1v) is 13.2. The number of nitrogens with zero attached hydrogens (tertiary/aromatic N) is 1. The van der Waals surface area contributed by atoms with Crippen LogP contribution in [-0.2, 0) is 4.74 Å². The second-order valence-electron chi connectivity index (χ2n) is 10.1. The second-order valence-corrected chi connectivity index (χ2v) is 10.1. The van der Waals surface area contributed by atoms with E-state index in [9.17, 15) is 9.59 Å². The molecule has 2 aromatic carbocycles. The minimum absolute atomic E-state index is 0.0370. The fourth-order valence-electron chi connectivity index (χ4n) is 5.52. The Morgan fingerprint density at radius 2 is 1.86 bits per heavy atom. The minimum atomic E-state index is -0.517. The van der Waals surface area contributed by atoms with Gasteiger partial charge in [-0.25, -0.2) is 0 Å². The summed E-state index contributed by atoms with van der Waals surface area (Å²) in [5, 5.41) is 0.545. The Kier molecular flexibility index (Phi) is 7.15. The van der Waals surface area contributed by atoms with Gasteiger partial charge in [-0.2, -0.15) is 0 Å². The van der Waals surface area contributed by atoms with Crippen LogP contribution in [0.3, 0.4) is 0 Å². The molecule has 1 aromatic heterocycles. The van der Waals surface area contributed by atoms with Gasteiger partial charge in [0, 0.05) is 13.2 Å². The summed E-state index contributed by atoms with van der Waals surface area (Å²) < 4.78 is 17.9. The van der Waals surface area contributed by atoms with Crippen LogP contribution >= 0.6 is 0 Å². The first kappa shape index (κ1) is 24.6. The topological polar surface area (TPSA) is 69.0 Å². The molecule has 6 nitrogen and oxygen atoms in total. The van der Waals surface area contributed by atoms with E-state index in [1.807, 2.05) is 50.2 Å². The number of amides is 1. The van der Waals surface area contributed by atoms with E-state index in [-0.39, 0.29) is 23.2 Å². The lowest BCUT2D eigenvalue weighted by atomic mass is 9.96. The van der Waals surface area contributed by atoms with E-state index in [1.165, 1.54) is 12.8 Å². The number of benzene rings is 2. The molecule has 1 amide bonds. The molecule has 6 heteroatoms. The van der Waals surface area contributed by atoms with Crippen LogP contribution in [0.15, 0.2) is 45.6 Å². The Balaban J connectivity index is 1.52. The lowest BCUT2D eigenvalue weighted by molar-refractivity contribution is 0.0486. The van der Waals surface area contributed by atoms with Gasteiger partial charge in [0.2, 0.25) is 5.76 Å². The Bertz CT molecular complexity index is 1300. The predicted octanol–water partition coefficient (Wildman–Crippen LogP) is 6.09. The highest BCUT2D eigenvalue weighted by atomic mass is 16.5. The highest BCUT2D eigenvalue weighted by Gasteiger charge is 2.44. The molecule has 2 aliphatic heterocycles. The van der Waals surface area contributed by atoms with Crippen molar-refractivity contribution in [2.75, 3.05) is 19.8 Å². The molecule has 36 heavy (non-hydrogen) atoms. The molecule has 0 spiro atoms. The summed E-state index contributed by atoms with van der Waals surface area (Å²) in [6, 6.07) is 11.1. The Hall–Kier alpha value is -3.12. The van der Waals surface area contributed by atoms with Crippen molar-refractivity contribution >= 4 is 16.9 Å². The molecule has 2 unspecified atom stereocenters. The Morgan fingerprint density at radius 3 is 2.58 bits per heavy atom. The third-order valence-electron chi connectivity index (χ3n) is 7.30. The smallest absolute Gasteiger partial charge is 0.291 e. The number of hydrogen-bond donors (Lipinski definition) is 0. The number of rotatable bonds is 9. The maximum absolute atomic E-state index is 13.9. The van der Waals surface area contributed by atoms with E-state index in [1.54, 1.807) is 4.90 Å². The van der Waals surface area contributed by atoms with Crippen LogP contribution in [0.25, 0.3) is 11.0 Å². The van der Waals surface area contributed by atoms with Gasteiger partial charge < -0.3 is 18.8 Å². The third-order valence-corrected chi connectivity index (χ3v) is 7.30. The summed E-state index contributed by atoms with van der Waals surface area (Å²) in [5.41, 5.74) is 3.48. The zero-order valence-corrected chi connectivity index (χ0v) is 21.5. The van der Waals surface area contributed by atoms with Gasteiger partial charge in [0.15, 0.2) is 5.43 Å². The molecule has 0 aliphatic carbocycles. The van der Waals surface area contributed by atoms with Crippen LogP contribution in [0.5, 0.6) is 5.75 Å². The van der Waals surface area contributed by atoms with Crippen molar-refractivity contribution in [3.63, 3.8) is 0 Å². The molecular weight excluding hydrogens is 454 g/mol. The lowest BCUT2D eigenvalue weighted by Crippen LogP contribution is -2.36. The number of carbonyl (C=O) groups is 1. The molecule has 0 N–H and O–H groups in total. The highest BCUT2D eigenvalue weighted by molar-refractivity contribution is 5.99. The Morgan fingerprint density at radius 1 is 1.06 bits per heavy atom. The fourth-order valence-corrected chi connectivity index (χ4v) is 5.52. The molecule has 0 radical (unpaired) electrons. The molecule has 5 rings (SSSR count). The average Bonchev–Trinajstić information content (AvgIpc) is 3.46. The van der Waals surface area contributed by atoms with Gasteiger partial charge in [-0.05, 0) is 68.0 Å². The van der Waals surface area contributed by atoms with Crippen LogP contribution < -0.4 is 10.2 Å². The Labute approximate surface area is 212 Å². The second kappa shape index (κ2) is 10.5.